The van der Waals surface area contributed by atoms with Gasteiger partial charge in [-0.25, -0.2) is 9.78 Å². The molecular weight excluding hydrogens is 160 g/mol. The Morgan fingerprint density at radius 2 is 2.67 bits per heavy atom. The monoisotopic (exact) mass is 170 g/mol. The lowest BCUT2D eigenvalue weighted by Gasteiger charge is -2.05. The van der Waals surface area contributed by atoms with Crippen LogP contribution in [-0.4, -0.2) is 17.6 Å². The summed E-state index contributed by atoms with van der Waals surface area (Å²) in [7, 11) is 0. The van der Waals surface area contributed by atoms with Crippen molar-refractivity contribution in [3.05, 3.63) is 18.4 Å². The van der Waals surface area contributed by atoms with Crippen LogP contribution in [0.2, 0.25) is 0 Å². The maximum Gasteiger partial charge on any atom is 0.332 e. The van der Waals surface area contributed by atoms with E-state index in [0.29, 0.717) is 6.61 Å². The van der Waals surface area contributed by atoms with Crippen LogP contribution in [0, 0.1) is 0 Å². The first-order valence-corrected chi connectivity index (χ1v) is 3.57. The minimum Gasteiger partial charge on any atom is -0.464 e. The van der Waals surface area contributed by atoms with Gasteiger partial charge in [0, 0.05) is 0 Å². The molecule has 0 saturated heterocycles. The highest BCUT2D eigenvalue weighted by Crippen LogP contribution is 2.07. The van der Waals surface area contributed by atoms with Crippen LogP contribution in [0.1, 0.15) is 18.9 Å². The number of carbonyl (C=O) groups is 1. The van der Waals surface area contributed by atoms with E-state index >= 15 is 0 Å². The molecule has 0 amide bonds. The molecule has 5 heteroatoms. The van der Waals surface area contributed by atoms with Gasteiger partial charge in [-0.15, -0.1) is 0 Å². The van der Waals surface area contributed by atoms with Crippen LogP contribution in [0.25, 0.3) is 0 Å². The molecule has 0 spiro atoms. The topological polar surface area (TPSA) is 78.4 Å². The third-order valence-electron chi connectivity index (χ3n) is 1.26. The van der Waals surface area contributed by atoms with Crippen molar-refractivity contribution in [2.24, 2.45) is 5.73 Å². The molecular formula is C7H10N2O3. The fraction of sp³-hybridized carbons (Fsp3) is 0.429. The van der Waals surface area contributed by atoms with Crippen molar-refractivity contribution in [1.82, 2.24) is 4.98 Å². The SMILES string of the molecule is CCOC(=O)C(N)c1ncco1. The molecule has 1 heterocycles. The molecule has 0 aliphatic carbocycles. The van der Waals surface area contributed by atoms with E-state index in [2.05, 4.69) is 9.72 Å². The molecule has 0 radical (unpaired) electrons. The molecule has 0 fully saturated rings. The Balaban J connectivity index is 2.59. The van der Waals surface area contributed by atoms with Crippen LogP contribution in [0.5, 0.6) is 0 Å². The van der Waals surface area contributed by atoms with Crippen molar-refractivity contribution in [3.63, 3.8) is 0 Å². The average molecular weight is 170 g/mol. The first-order chi connectivity index (χ1) is 5.75. The van der Waals surface area contributed by atoms with Gasteiger partial charge in [-0.3, -0.25) is 0 Å². The van der Waals surface area contributed by atoms with Crippen molar-refractivity contribution in [2.45, 2.75) is 13.0 Å². The van der Waals surface area contributed by atoms with Crippen molar-refractivity contribution in [1.29, 1.82) is 0 Å². The molecule has 0 aromatic carbocycles. The number of aromatic nitrogens is 1. The molecule has 0 bridgehead atoms. The van der Waals surface area contributed by atoms with Crippen molar-refractivity contribution in [2.75, 3.05) is 6.61 Å². The largest absolute Gasteiger partial charge is 0.464 e. The number of hydrogen-bond donors (Lipinski definition) is 1. The van der Waals surface area contributed by atoms with Crippen LogP contribution in [0.3, 0.4) is 0 Å². The van der Waals surface area contributed by atoms with Crippen LogP contribution >= 0.6 is 0 Å². The molecule has 12 heavy (non-hydrogen) atoms. The maximum absolute atomic E-state index is 11.0. The number of nitrogens with zero attached hydrogens (tertiary/aromatic N) is 1. The highest BCUT2D eigenvalue weighted by atomic mass is 16.5. The van der Waals surface area contributed by atoms with E-state index in [4.69, 9.17) is 10.2 Å². The molecule has 1 aromatic heterocycles. The Hall–Kier alpha value is -1.36. The number of carbonyl (C=O) groups excluding carboxylic acids is 1. The zero-order valence-corrected chi connectivity index (χ0v) is 6.69. The van der Waals surface area contributed by atoms with Gasteiger partial charge in [-0.05, 0) is 6.92 Å². The van der Waals surface area contributed by atoms with Crippen LogP contribution in [0.15, 0.2) is 16.9 Å². The van der Waals surface area contributed by atoms with E-state index in [1.54, 1.807) is 6.92 Å². The first kappa shape index (κ1) is 8.73. The summed E-state index contributed by atoms with van der Waals surface area (Å²) in [5.74, 6) is -0.353. The van der Waals surface area contributed by atoms with Gasteiger partial charge in [0.2, 0.25) is 5.89 Å². The number of rotatable bonds is 3. The van der Waals surface area contributed by atoms with E-state index in [9.17, 15) is 4.79 Å². The van der Waals surface area contributed by atoms with Crippen LogP contribution in [-0.2, 0) is 9.53 Å². The minimum absolute atomic E-state index is 0.174. The zero-order valence-electron chi connectivity index (χ0n) is 6.69. The molecule has 1 unspecified atom stereocenters. The minimum atomic E-state index is -0.917. The Kier molecular flexibility index (Phi) is 2.82. The van der Waals surface area contributed by atoms with E-state index < -0.39 is 12.0 Å². The third kappa shape index (κ3) is 1.82. The Morgan fingerprint density at radius 3 is 3.17 bits per heavy atom. The summed E-state index contributed by atoms with van der Waals surface area (Å²) in [5, 5.41) is 0. The predicted molar refractivity (Wildman–Crippen MR) is 40.1 cm³/mol. The lowest BCUT2D eigenvalue weighted by Crippen LogP contribution is -2.23. The van der Waals surface area contributed by atoms with E-state index in [1.807, 2.05) is 0 Å². The average Bonchev–Trinajstić information content (AvgIpc) is 2.55. The number of ether oxygens (including phenoxy) is 1. The van der Waals surface area contributed by atoms with Crippen molar-refractivity contribution in [3.8, 4) is 0 Å². The van der Waals surface area contributed by atoms with Gasteiger partial charge in [0.25, 0.3) is 0 Å². The molecule has 1 aromatic rings. The van der Waals surface area contributed by atoms with Gasteiger partial charge in [0.15, 0.2) is 6.04 Å². The van der Waals surface area contributed by atoms with Gasteiger partial charge in [-0.2, -0.15) is 0 Å². The summed E-state index contributed by atoms with van der Waals surface area (Å²) in [4.78, 5) is 14.7. The third-order valence-corrected chi connectivity index (χ3v) is 1.26. The summed E-state index contributed by atoms with van der Waals surface area (Å²) in [6, 6.07) is -0.917. The van der Waals surface area contributed by atoms with E-state index in [0.717, 1.165) is 0 Å². The van der Waals surface area contributed by atoms with Crippen molar-refractivity contribution < 1.29 is 13.9 Å². The molecule has 66 valence electrons. The molecule has 1 rings (SSSR count). The van der Waals surface area contributed by atoms with Gasteiger partial charge < -0.3 is 14.9 Å². The Bertz CT molecular complexity index is 245. The summed E-state index contributed by atoms with van der Waals surface area (Å²) < 4.78 is 9.49. The standard InChI is InChI=1S/C7H10N2O3/c1-2-11-7(10)5(8)6-9-3-4-12-6/h3-5H,2,8H2,1H3. The number of esters is 1. The second-order valence-corrected chi connectivity index (χ2v) is 2.10. The molecule has 5 nitrogen and oxygen atoms in total. The van der Waals surface area contributed by atoms with Crippen LogP contribution < -0.4 is 5.73 Å². The highest BCUT2D eigenvalue weighted by molar-refractivity contribution is 5.75. The fourth-order valence-corrected chi connectivity index (χ4v) is 0.721. The molecule has 2 N–H and O–H groups in total. The highest BCUT2D eigenvalue weighted by Gasteiger charge is 2.20. The summed E-state index contributed by atoms with van der Waals surface area (Å²) in [6.07, 6.45) is 2.78. The van der Waals surface area contributed by atoms with Gasteiger partial charge in [-0.1, -0.05) is 0 Å². The van der Waals surface area contributed by atoms with Gasteiger partial charge in [0.1, 0.15) is 6.26 Å². The summed E-state index contributed by atoms with van der Waals surface area (Å²) in [6.45, 7) is 2.01. The lowest BCUT2D eigenvalue weighted by atomic mass is 10.3. The van der Waals surface area contributed by atoms with Crippen LogP contribution in [0.4, 0.5) is 0 Å². The summed E-state index contributed by atoms with van der Waals surface area (Å²) in [5.41, 5.74) is 5.44. The van der Waals surface area contributed by atoms with Crippen molar-refractivity contribution >= 4 is 5.97 Å². The second kappa shape index (κ2) is 3.87. The fourth-order valence-electron chi connectivity index (χ4n) is 0.721. The predicted octanol–water partition coefficient (Wildman–Crippen LogP) is 0.237. The molecule has 0 saturated carbocycles. The Labute approximate surface area is 69.5 Å². The molecule has 1 atom stereocenters. The van der Waals surface area contributed by atoms with Gasteiger partial charge in [0.05, 0.1) is 12.8 Å². The number of hydrogen-bond acceptors (Lipinski definition) is 5. The second-order valence-electron chi connectivity index (χ2n) is 2.10. The molecule has 0 aliphatic heterocycles. The van der Waals surface area contributed by atoms with E-state index in [-0.39, 0.29) is 5.89 Å². The lowest BCUT2D eigenvalue weighted by molar-refractivity contribution is -0.145. The smallest absolute Gasteiger partial charge is 0.332 e. The number of nitrogens with two attached hydrogens (primary N) is 1. The Morgan fingerprint density at radius 1 is 1.92 bits per heavy atom. The quantitative estimate of drug-likeness (QED) is 0.657. The summed E-state index contributed by atoms with van der Waals surface area (Å²) >= 11 is 0. The number of oxazole rings is 1. The first-order valence-electron chi connectivity index (χ1n) is 3.57. The zero-order chi connectivity index (χ0) is 8.97. The van der Waals surface area contributed by atoms with E-state index in [1.165, 1.54) is 12.5 Å². The molecule has 0 aliphatic rings. The van der Waals surface area contributed by atoms with Gasteiger partial charge >= 0.3 is 5.97 Å². The maximum atomic E-state index is 11.0. The normalized spacial score (nSPS) is 12.5.